The quantitative estimate of drug-likeness (QED) is 0.866. The second-order valence-corrected chi connectivity index (χ2v) is 6.07. The first kappa shape index (κ1) is 14.8. The summed E-state index contributed by atoms with van der Waals surface area (Å²) < 4.78 is 5.70. The van der Waals surface area contributed by atoms with Crippen LogP contribution in [0.5, 0.6) is 0 Å². The van der Waals surface area contributed by atoms with Crippen LogP contribution >= 0.6 is 11.3 Å². The number of Topliss-reactive ketones (excluding diaryl/α,β-unsaturated/α-hetero) is 1. The summed E-state index contributed by atoms with van der Waals surface area (Å²) in [6.07, 6.45) is 0.586. The molecule has 5 nitrogen and oxygen atoms in total. The number of carbonyl (C=O) groups excluding carboxylic acids is 1. The van der Waals surface area contributed by atoms with Crippen LogP contribution in [0.2, 0.25) is 0 Å². The molecule has 2 N–H and O–H groups in total. The molecule has 1 saturated heterocycles. The number of thiophene rings is 1. The standard InChI is InChI=1S/C14H19N3O2S/c1-4-11(18)13-12(16)10(5-15)14(20-13)17-6-8(2)19-9(3)7-17/h8-9H,4,6-7,16H2,1-3H3. The zero-order valence-corrected chi connectivity index (χ0v) is 12.8. The molecule has 2 atom stereocenters. The normalized spacial score (nSPS) is 22.6. The van der Waals surface area contributed by atoms with Crippen molar-refractivity contribution in [3.8, 4) is 6.07 Å². The molecule has 0 bridgehead atoms. The molecule has 2 unspecified atom stereocenters. The molecule has 20 heavy (non-hydrogen) atoms. The van der Waals surface area contributed by atoms with E-state index in [0.717, 1.165) is 5.00 Å². The van der Waals surface area contributed by atoms with Crippen LogP contribution in [0, 0.1) is 11.3 Å². The molecule has 2 heterocycles. The second kappa shape index (κ2) is 5.81. The van der Waals surface area contributed by atoms with Crippen molar-refractivity contribution in [2.75, 3.05) is 23.7 Å². The summed E-state index contributed by atoms with van der Waals surface area (Å²) in [5.41, 5.74) is 6.73. The summed E-state index contributed by atoms with van der Waals surface area (Å²) >= 11 is 1.33. The number of nitrogens with zero attached hydrogens (tertiary/aromatic N) is 2. The van der Waals surface area contributed by atoms with Crippen LogP contribution in [-0.2, 0) is 4.74 Å². The van der Waals surface area contributed by atoms with Crippen LogP contribution in [0.25, 0.3) is 0 Å². The van der Waals surface area contributed by atoms with E-state index in [9.17, 15) is 10.1 Å². The molecule has 108 valence electrons. The Bertz CT molecular complexity index is 552. The highest BCUT2D eigenvalue weighted by atomic mass is 32.1. The molecule has 1 aromatic rings. The number of carbonyl (C=O) groups is 1. The van der Waals surface area contributed by atoms with Crippen LogP contribution in [0.4, 0.5) is 10.7 Å². The van der Waals surface area contributed by atoms with Gasteiger partial charge < -0.3 is 15.4 Å². The number of hydrogen-bond donors (Lipinski definition) is 1. The van der Waals surface area contributed by atoms with Crippen molar-refractivity contribution in [3.05, 3.63) is 10.4 Å². The number of rotatable bonds is 3. The van der Waals surface area contributed by atoms with E-state index in [0.29, 0.717) is 35.6 Å². The number of morpholine rings is 1. The molecular formula is C14H19N3O2S. The molecule has 0 spiro atoms. The number of anilines is 2. The summed E-state index contributed by atoms with van der Waals surface area (Å²) in [6, 6.07) is 2.14. The van der Waals surface area contributed by atoms with Crippen molar-refractivity contribution in [1.82, 2.24) is 0 Å². The summed E-state index contributed by atoms with van der Waals surface area (Å²) in [6.45, 7) is 7.22. The fraction of sp³-hybridized carbons (Fsp3) is 0.571. The topological polar surface area (TPSA) is 79.3 Å². The van der Waals surface area contributed by atoms with E-state index >= 15 is 0 Å². The Morgan fingerprint density at radius 2 is 2.10 bits per heavy atom. The monoisotopic (exact) mass is 293 g/mol. The van der Waals surface area contributed by atoms with Crippen LogP contribution in [-0.4, -0.2) is 31.1 Å². The molecule has 1 aliphatic rings. The number of nitriles is 1. The van der Waals surface area contributed by atoms with E-state index in [1.165, 1.54) is 11.3 Å². The van der Waals surface area contributed by atoms with E-state index in [2.05, 4.69) is 11.0 Å². The van der Waals surface area contributed by atoms with Crippen molar-refractivity contribution in [2.24, 2.45) is 0 Å². The van der Waals surface area contributed by atoms with Crippen molar-refractivity contribution >= 4 is 27.8 Å². The van der Waals surface area contributed by atoms with Gasteiger partial charge in [0.2, 0.25) is 0 Å². The van der Waals surface area contributed by atoms with Crippen LogP contribution in [0.15, 0.2) is 0 Å². The minimum atomic E-state index is -0.00962. The first-order chi connectivity index (χ1) is 9.47. The van der Waals surface area contributed by atoms with Crippen molar-refractivity contribution in [2.45, 2.75) is 39.4 Å². The number of ketones is 1. The fourth-order valence-corrected chi connectivity index (χ4v) is 3.67. The van der Waals surface area contributed by atoms with Gasteiger partial charge in [0.25, 0.3) is 0 Å². The largest absolute Gasteiger partial charge is 0.396 e. The van der Waals surface area contributed by atoms with Gasteiger partial charge in [-0.1, -0.05) is 6.92 Å². The Balaban J connectivity index is 2.41. The molecule has 0 radical (unpaired) electrons. The van der Waals surface area contributed by atoms with Gasteiger partial charge >= 0.3 is 0 Å². The molecule has 0 amide bonds. The van der Waals surface area contributed by atoms with Crippen molar-refractivity contribution in [3.63, 3.8) is 0 Å². The van der Waals surface area contributed by atoms with Gasteiger partial charge in [-0.25, -0.2) is 0 Å². The Morgan fingerprint density at radius 1 is 1.50 bits per heavy atom. The van der Waals surface area contributed by atoms with Gasteiger partial charge in [0.1, 0.15) is 16.6 Å². The third-order valence-corrected chi connectivity index (χ3v) is 4.63. The van der Waals surface area contributed by atoms with Crippen LogP contribution in [0.3, 0.4) is 0 Å². The Hall–Kier alpha value is -1.58. The zero-order valence-electron chi connectivity index (χ0n) is 12.0. The summed E-state index contributed by atoms with van der Waals surface area (Å²) in [5, 5.41) is 10.1. The van der Waals surface area contributed by atoms with Crippen molar-refractivity contribution < 1.29 is 9.53 Å². The lowest BCUT2D eigenvalue weighted by Crippen LogP contribution is -2.45. The van der Waals surface area contributed by atoms with Gasteiger partial charge in [-0.2, -0.15) is 5.26 Å². The lowest BCUT2D eigenvalue weighted by atomic mass is 10.1. The minimum Gasteiger partial charge on any atom is -0.396 e. The molecule has 1 fully saturated rings. The first-order valence-corrected chi connectivity index (χ1v) is 7.55. The average molecular weight is 293 g/mol. The molecule has 2 rings (SSSR count). The number of ether oxygens (including phenoxy) is 1. The molecular weight excluding hydrogens is 274 g/mol. The van der Waals surface area contributed by atoms with Gasteiger partial charge in [-0.05, 0) is 13.8 Å². The highest BCUT2D eigenvalue weighted by Gasteiger charge is 2.28. The van der Waals surface area contributed by atoms with E-state index in [1.54, 1.807) is 6.92 Å². The molecule has 6 heteroatoms. The zero-order chi connectivity index (χ0) is 14.9. The Labute approximate surface area is 122 Å². The maximum absolute atomic E-state index is 11.9. The predicted molar refractivity (Wildman–Crippen MR) is 80.3 cm³/mol. The third-order valence-electron chi connectivity index (χ3n) is 3.32. The number of nitrogen functional groups attached to an aromatic ring is 1. The highest BCUT2D eigenvalue weighted by Crippen LogP contribution is 2.39. The third kappa shape index (κ3) is 2.65. The molecule has 0 saturated carbocycles. The van der Waals surface area contributed by atoms with Crippen LogP contribution in [0.1, 0.15) is 42.4 Å². The number of nitrogens with two attached hydrogens (primary N) is 1. The second-order valence-electron chi connectivity index (χ2n) is 5.08. The van der Waals surface area contributed by atoms with E-state index in [1.807, 2.05) is 13.8 Å². The highest BCUT2D eigenvalue weighted by molar-refractivity contribution is 7.19. The SMILES string of the molecule is CCC(=O)c1sc(N2CC(C)OC(C)C2)c(C#N)c1N. The maximum atomic E-state index is 11.9. The van der Waals surface area contributed by atoms with Crippen LogP contribution < -0.4 is 10.6 Å². The van der Waals surface area contributed by atoms with Crippen molar-refractivity contribution in [1.29, 1.82) is 5.26 Å². The lowest BCUT2D eigenvalue weighted by Gasteiger charge is -2.36. The van der Waals surface area contributed by atoms with Gasteiger partial charge in [-0.15, -0.1) is 11.3 Å². The number of hydrogen-bond acceptors (Lipinski definition) is 6. The molecule has 0 aromatic carbocycles. The average Bonchev–Trinajstić information content (AvgIpc) is 2.73. The van der Waals surface area contributed by atoms with Gasteiger partial charge in [-0.3, -0.25) is 4.79 Å². The van der Waals surface area contributed by atoms with Gasteiger partial charge in [0, 0.05) is 19.5 Å². The van der Waals surface area contributed by atoms with E-state index < -0.39 is 0 Å². The lowest BCUT2D eigenvalue weighted by molar-refractivity contribution is -0.00501. The van der Waals surface area contributed by atoms with Gasteiger partial charge in [0.15, 0.2) is 5.78 Å². The summed E-state index contributed by atoms with van der Waals surface area (Å²) in [5.74, 6) is -0.00962. The van der Waals surface area contributed by atoms with E-state index in [-0.39, 0.29) is 18.0 Å². The summed E-state index contributed by atoms with van der Waals surface area (Å²) in [7, 11) is 0. The molecule has 0 aliphatic carbocycles. The Morgan fingerprint density at radius 3 is 2.60 bits per heavy atom. The minimum absolute atomic E-state index is 0.00962. The molecule has 1 aliphatic heterocycles. The predicted octanol–water partition coefficient (Wildman–Crippen LogP) is 2.41. The maximum Gasteiger partial charge on any atom is 0.174 e. The summed E-state index contributed by atoms with van der Waals surface area (Å²) in [4.78, 5) is 14.5. The Kier molecular flexibility index (Phi) is 4.31. The smallest absolute Gasteiger partial charge is 0.174 e. The van der Waals surface area contributed by atoms with E-state index in [4.69, 9.17) is 10.5 Å². The molecule has 1 aromatic heterocycles. The van der Waals surface area contributed by atoms with Gasteiger partial charge in [0.05, 0.1) is 22.8 Å². The fourth-order valence-electron chi connectivity index (χ4n) is 2.47. The first-order valence-electron chi connectivity index (χ1n) is 6.73.